The second kappa shape index (κ2) is 44.8. The van der Waals surface area contributed by atoms with Gasteiger partial charge in [0.2, 0.25) is 0 Å². The Morgan fingerprint density at radius 2 is 1.04 bits per heavy atom. The van der Waals surface area contributed by atoms with Gasteiger partial charge in [0.15, 0.2) is 55.8 Å². The van der Waals surface area contributed by atoms with Crippen LogP contribution in [0.25, 0.3) is 66.1 Å². The van der Waals surface area contributed by atoms with Crippen molar-refractivity contribution in [2.75, 3.05) is 95.3 Å². The molecule has 0 saturated carbocycles. The highest BCUT2D eigenvalue weighted by Crippen LogP contribution is 2.39. The Hall–Kier alpha value is -10.4. The molecule has 0 aliphatic carbocycles. The second-order valence-electron chi connectivity index (χ2n) is 24.7. The molecule has 113 heavy (non-hydrogen) atoms. The van der Waals surface area contributed by atoms with Gasteiger partial charge < -0.3 is 86.1 Å². The van der Waals surface area contributed by atoms with Crippen molar-refractivity contribution in [1.82, 2.24) is 49.7 Å². The highest BCUT2D eigenvalue weighted by molar-refractivity contribution is 9.10. The quantitative estimate of drug-likeness (QED) is 0.0394. The molecule has 30 nitrogen and oxygen atoms in total. The van der Waals surface area contributed by atoms with Crippen LogP contribution in [0.15, 0.2) is 128 Å². The Balaban J connectivity index is 0.000000183. The van der Waals surface area contributed by atoms with E-state index in [2.05, 4.69) is 96.6 Å². The number of hydrogen-bond acceptors (Lipinski definition) is 26. The zero-order chi connectivity index (χ0) is 82.2. The Labute approximate surface area is 677 Å². The molecule has 4 saturated heterocycles. The molecule has 1 unspecified atom stereocenters. The Kier molecular flexibility index (Phi) is 34.3. The first-order valence-corrected chi connectivity index (χ1v) is 37.4. The van der Waals surface area contributed by atoms with Gasteiger partial charge >= 0.3 is 18.8 Å². The molecule has 1 atom stereocenters. The largest absolute Gasteiger partial charge is 0.533 e. The van der Waals surface area contributed by atoms with Gasteiger partial charge in [-0.25, -0.2) is 24.3 Å². The lowest BCUT2D eigenvalue weighted by molar-refractivity contribution is 0.0139. The van der Waals surface area contributed by atoms with Crippen molar-refractivity contribution in [3.05, 3.63) is 175 Å². The van der Waals surface area contributed by atoms with E-state index in [1.165, 1.54) is 62.1 Å². The van der Waals surface area contributed by atoms with Crippen molar-refractivity contribution in [2.24, 2.45) is 0 Å². The topological polar surface area (TPSA) is 370 Å². The lowest BCUT2D eigenvalue weighted by Crippen LogP contribution is -2.32. The van der Waals surface area contributed by atoms with Gasteiger partial charge in [0.1, 0.15) is 88.0 Å². The minimum Gasteiger partial charge on any atom is -0.499 e. The van der Waals surface area contributed by atoms with Crippen molar-refractivity contribution in [1.29, 1.82) is 11.9 Å². The number of aromatic nitrogens is 8. The molecule has 4 fully saturated rings. The van der Waals surface area contributed by atoms with Crippen LogP contribution in [0.4, 0.5) is 16.0 Å². The molecule has 2 amide bonds. The summed E-state index contributed by atoms with van der Waals surface area (Å²) in [5.41, 5.74) is 5.23. The van der Waals surface area contributed by atoms with Crippen LogP contribution in [0.2, 0.25) is 5.02 Å². The van der Waals surface area contributed by atoms with Crippen molar-refractivity contribution in [3.8, 4) is 75.1 Å². The molecule has 4 aliphatic rings. The summed E-state index contributed by atoms with van der Waals surface area (Å²) in [6, 6.07) is 26.7. The normalized spacial score (nSPS) is 14.1. The molecular weight excluding hydrogens is 1630 g/mol. The Bertz CT molecular complexity index is 5060. The standard InChI is InChI=1S/C27H25N5O5.C16H14ClN3O3.C11H13BN2O4.C11H11BrN2O2.C6H2BrFN2.C5H10O2.BH3P/c1-32(2)27(33)16-12-23(34-3)25(30-15-16)24-13-20-26(37-24)18(6-9-29-20)19-4-5-22(21(14-28)31-19)36-17-7-10-35-11-8-17;1-20(2)16(21)9-6-12(22-3)14(19-8-9)13-7-11-15(23-13)10(17)4-5-18-11;1-13-11-9(2-3-10(14-11)12(15)16)18-8-4-6-17-7-5-8;1-13-11-9(2-3-10(12)14-11)16-8-4-6-15-7-5-8;7-6-2-1-4(8)5(3-9)10-6;6-5-1-3-7-4-2-5;1-2/h4-6,9,12-13,15,17H,7-8,10-11H2,1-3H3;4-8H,1-3H3;2-3,8,15-16H,4-7H2;2-3,8H,4-7H2;1-2H;5-6H,1-4H2;1H,2H2/i;;;;;;1D. The maximum Gasteiger partial charge on any atom is 0.533 e. The summed E-state index contributed by atoms with van der Waals surface area (Å²) >= 11 is 12.3. The van der Waals surface area contributed by atoms with Crippen molar-refractivity contribution in [2.45, 2.75) is 75.8 Å². The van der Waals surface area contributed by atoms with E-state index in [-0.39, 0.29) is 59.0 Å². The van der Waals surface area contributed by atoms with Gasteiger partial charge in [-0.1, -0.05) is 24.7 Å². The number of nitriles is 2. The van der Waals surface area contributed by atoms with E-state index in [1.54, 1.807) is 113 Å². The summed E-state index contributed by atoms with van der Waals surface area (Å²) in [5.74, 6) is 2.54. The number of carbonyl (C=O) groups is 2. The van der Waals surface area contributed by atoms with Gasteiger partial charge in [0, 0.05) is 122 Å². The van der Waals surface area contributed by atoms with Crippen LogP contribution in [0.1, 0.15) is 83.5 Å². The number of carbonyl (C=O) groups excluding carboxylic acids is 2. The number of nitrogens with zero attached hydrogens (tertiary/aromatic N) is 14. The first-order chi connectivity index (χ1) is 55.0. The molecule has 14 rings (SSSR count). The summed E-state index contributed by atoms with van der Waals surface area (Å²) in [6.07, 6.45) is 12.8. The number of hydrogen-bond donors (Lipinski definition) is 3. The number of aliphatic hydroxyl groups is 1. The van der Waals surface area contributed by atoms with Crippen LogP contribution >= 0.6 is 52.6 Å². The van der Waals surface area contributed by atoms with Crippen LogP contribution in [-0.2, 0) is 18.9 Å². The summed E-state index contributed by atoms with van der Waals surface area (Å²) < 4.78 is 80.7. The zero-order valence-electron chi connectivity index (χ0n) is 63.2. The lowest BCUT2D eigenvalue weighted by atomic mass is 9.86. The minimum absolute atomic E-state index is 0.00403. The number of ether oxygens (including phenoxy) is 9. The summed E-state index contributed by atoms with van der Waals surface area (Å²) in [6.45, 7) is 19.6. The summed E-state index contributed by atoms with van der Waals surface area (Å²) in [5, 5.41) is 45.3. The number of rotatable bonds is 14. The molecule has 14 heterocycles. The van der Waals surface area contributed by atoms with Crippen LogP contribution in [0.5, 0.6) is 28.7 Å². The molecule has 587 valence electrons. The number of aliphatic hydroxyl groups excluding tert-OH is 1. The molecule has 4 aliphatic heterocycles. The van der Waals surface area contributed by atoms with Gasteiger partial charge in [-0.3, -0.25) is 19.6 Å². The molecular formula is C76H78B2Br2ClFN14O16P. The number of amides is 2. The second-order valence-corrected chi connectivity index (χ2v) is 26.8. The third kappa shape index (κ3) is 25.3. The number of halogens is 4. The highest BCUT2D eigenvalue weighted by atomic mass is 79.9. The monoisotopic (exact) mass is 1710 g/mol. The molecule has 10 aromatic heterocycles. The third-order valence-electron chi connectivity index (χ3n) is 16.6. The molecule has 1 radical (unpaired) electrons. The Morgan fingerprint density at radius 1 is 0.611 bits per heavy atom. The SMILES string of the molecule is COc1cc(C(=O)N(C)C)cnc1-c1cc2nccc(-c3ccc(OC4CCOCC4)c(C#N)n3)c2o1.COc1cc(C(=O)N(C)C)cnc1-c1cc2nccc(Cl)c2o1.N#Cc1nc(Br)ccc1F.OC1CCOCC1.[2H][B]P.[C-]#[N+]c1nc(B(O)O)ccc1OC1CCOCC1.[C-]#[N+]c1nc(Br)ccc1OC1CCOCC1. The zero-order valence-corrected chi connectivity index (χ0v) is 67.3. The van der Waals surface area contributed by atoms with E-state index in [0.29, 0.717) is 143 Å². The fourth-order valence-corrected chi connectivity index (χ4v) is 11.6. The molecule has 3 N–H and O–H groups in total. The van der Waals surface area contributed by atoms with Crippen molar-refractivity contribution >= 4 is 118 Å². The van der Waals surface area contributed by atoms with Crippen LogP contribution in [0.3, 0.4) is 0 Å². The third-order valence-corrected chi connectivity index (χ3v) is 17.8. The van der Waals surface area contributed by atoms with Gasteiger partial charge in [-0.05, 0) is 119 Å². The predicted octanol–water partition coefficient (Wildman–Crippen LogP) is 11.9. The molecule has 10 aromatic rings. The Morgan fingerprint density at radius 3 is 1.49 bits per heavy atom. The predicted molar refractivity (Wildman–Crippen MR) is 428 cm³/mol. The molecule has 0 aromatic carbocycles. The van der Waals surface area contributed by atoms with Gasteiger partial charge in [0.25, 0.3) is 11.8 Å². The maximum atomic E-state index is 12.5. The van der Waals surface area contributed by atoms with Crippen LogP contribution in [-0.4, -0.2) is 212 Å². The van der Waals surface area contributed by atoms with Gasteiger partial charge in [0.05, 0.1) is 81.8 Å². The van der Waals surface area contributed by atoms with Crippen molar-refractivity contribution < 1.29 is 80.6 Å². The van der Waals surface area contributed by atoms with E-state index in [4.69, 9.17) is 98.0 Å². The molecule has 37 heteroatoms. The first kappa shape index (κ1) is 86.6. The molecule has 0 spiro atoms. The average Bonchev–Trinajstić information content (AvgIpc) is 1.62. The van der Waals surface area contributed by atoms with E-state index in [9.17, 15) is 19.2 Å². The van der Waals surface area contributed by atoms with E-state index in [0.717, 1.165) is 77.8 Å². The first-order valence-electron chi connectivity index (χ1n) is 35.4. The van der Waals surface area contributed by atoms with Crippen LogP contribution in [0, 0.1) is 41.6 Å². The lowest BCUT2D eigenvalue weighted by Gasteiger charge is -2.23. The van der Waals surface area contributed by atoms with Gasteiger partial charge in [-0.15, -0.1) is 9.97 Å². The van der Waals surface area contributed by atoms with Crippen LogP contribution < -0.4 is 29.3 Å². The summed E-state index contributed by atoms with van der Waals surface area (Å²) in [7, 11) is 11.3. The summed E-state index contributed by atoms with van der Waals surface area (Å²) in [4.78, 5) is 67.3. The minimum atomic E-state index is -1.68. The fourth-order valence-electron chi connectivity index (χ4n) is 10.8. The van der Waals surface area contributed by atoms with E-state index in [1.807, 2.05) is 0 Å². The average molecular weight is 1710 g/mol. The van der Waals surface area contributed by atoms with Gasteiger partial charge in [-0.2, -0.15) is 19.6 Å². The molecule has 0 bridgehead atoms. The number of methoxy groups -OCH3 is 2. The highest BCUT2D eigenvalue weighted by Gasteiger charge is 2.26. The number of pyridine rings is 8. The fraction of sp³-hybridized carbons (Fsp3) is 0.342. The van der Waals surface area contributed by atoms with E-state index < -0.39 is 12.9 Å². The number of fused-ring (bicyclic) bond motifs is 2. The smallest absolute Gasteiger partial charge is 0.499 e. The van der Waals surface area contributed by atoms with E-state index >= 15 is 0 Å². The van der Waals surface area contributed by atoms with Crippen molar-refractivity contribution in [3.63, 3.8) is 0 Å². The maximum absolute atomic E-state index is 12.5. The number of furan rings is 2.